The van der Waals surface area contributed by atoms with E-state index in [2.05, 4.69) is 9.47 Å². The van der Waals surface area contributed by atoms with Gasteiger partial charge in [-0.05, 0) is 6.42 Å². The van der Waals surface area contributed by atoms with Crippen molar-refractivity contribution < 1.29 is 19.1 Å². The average Bonchev–Trinajstić information content (AvgIpc) is 2.86. The van der Waals surface area contributed by atoms with Crippen molar-refractivity contribution in [2.75, 3.05) is 14.2 Å². The largest absolute Gasteiger partial charge is 0.451 e. The molecule has 2 aliphatic rings. The second-order valence-electron chi connectivity index (χ2n) is 3.38. The first-order chi connectivity index (χ1) is 7.19. The minimum atomic E-state index is -0.544. The number of amides is 2. The number of carbonyl (C=O) groups is 2. The maximum absolute atomic E-state index is 11.5. The van der Waals surface area contributed by atoms with Crippen LogP contribution < -0.4 is 0 Å². The molecule has 82 valence electrons. The van der Waals surface area contributed by atoms with Gasteiger partial charge in [0.1, 0.15) is 0 Å². The van der Waals surface area contributed by atoms with Gasteiger partial charge in [-0.2, -0.15) is 0 Å². The van der Waals surface area contributed by atoms with Gasteiger partial charge in [-0.3, -0.25) is 0 Å². The van der Waals surface area contributed by atoms with Gasteiger partial charge in [0, 0.05) is 0 Å². The number of hydrogen-bond acceptors (Lipinski definition) is 4. The Bertz CT molecular complexity index is 298. The molecule has 15 heavy (non-hydrogen) atoms. The summed E-state index contributed by atoms with van der Waals surface area (Å²) in [5.74, 6) is 0. The quantitative estimate of drug-likeness (QED) is 0.556. The van der Waals surface area contributed by atoms with Gasteiger partial charge in [-0.15, -0.1) is 0 Å². The standard InChI is InChI=1S/C9H12N2O4/c1-14-8(12)10-6-3-4-7(5-6)11(10)9(13)15-2/h3-4,6-7H,5H2,1-2H3. The van der Waals surface area contributed by atoms with E-state index >= 15 is 0 Å². The maximum Gasteiger partial charge on any atom is 0.429 e. The fraction of sp³-hybridized carbons (Fsp3) is 0.556. The number of rotatable bonds is 0. The van der Waals surface area contributed by atoms with E-state index in [4.69, 9.17) is 0 Å². The summed E-state index contributed by atoms with van der Waals surface area (Å²) >= 11 is 0. The third-order valence-electron chi connectivity index (χ3n) is 2.62. The van der Waals surface area contributed by atoms with Crippen LogP contribution in [0.2, 0.25) is 0 Å². The van der Waals surface area contributed by atoms with Crippen LogP contribution in [0.5, 0.6) is 0 Å². The lowest BCUT2D eigenvalue weighted by Gasteiger charge is -2.32. The molecule has 0 spiro atoms. The molecular weight excluding hydrogens is 200 g/mol. The zero-order chi connectivity index (χ0) is 11.0. The van der Waals surface area contributed by atoms with Crippen molar-refractivity contribution in [2.45, 2.75) is 18.5 Å². The van der Waals surface area contributed by atoms with Crippen LogP contribution in [0, 0.1) is 0 Å². The highest BCUT2D eigenvalue weighted by Gasteiger charge is 2.47. The molecule has 2 bridgehead atoms. The molecule has 2 atom stereocenters. The first kappa shape index (κ1) is 9.82. The minimum absolute atomic E-state index is 0.0958. The zero-order valence-corrected chi connectivity index (χ0v) is 8.54. The van der Waals surface area contributed by atoms with E-state index in [-0.39, 0.29) is 12.1 Å². The van der Waals surface area contributed by atoms with Gasteiger partial charge >= 0.3 is 12.2 Å². The molecule has 0 aromatic rings. The fourth-order valence-corrected chi connectivity index (χ4v) is 1.98. The van der Waals surface area contributed by atoms with E-state index in [0.717, 1.165) is 0 Å². The van der Waals surface area contributed by atoms with E-state index in [9.17, 15) is 9.59 Å². The topological polar surface area (TPSA) is 59.1 Å². The van der Waals surface area contributed by atoms with Crippen LogP contribution in [0.3, 0.4) is 0 Å². The monoisotopic (exact) mass is 212 g/mol. The summed E-state index contributed by atoms with van der Waals surface area (Å²) in [6.07, 6.45) is 3.40. The summed E-state index contributed by atoms with van der Waals surface area (Å²) in [6.45, 7) is 0. The SMILES string of the molecule is COC(=O)N1C2C=CC(C2)N1C(=O)OC. The van der Waals surface area contributed by atoms with E-state index in [1.807, 2.05) is 12.2 Å². The maximum atomic E-state index is 11.5. The minimum Gasteiger partial charge on any atom is -0.451 e. The Morgan fingerprint density at radius 1 is 1.07 bits per heavy atom. The molecule has 0 saturated carbocycles. The molecule has 1 aliphatic carbocycles. The number of hydrazine groups is 1. The molecule has 1 saturated heterocycles. The Hall–Kier alpha value is -1.72. The van der Waals surface area contributed by atoms with Crippen molar-refractivity contribution in [3.05, 3.63) is 12.2 Å². The van der Waals surface area contributed by atoms with E-state index in [1.165, 1.54) is 24.2 Å². The highest BCUT2D eigenvalue weighted by Crippen LogP contribution is 2.33. The third-order valence-corrected chi connectivity index (χ3v) is 2.62. The van der Waals surface area contributed by atoms with Crippen molar-refractivity contribution in [1.82, 2.24) is 10.0 Å². The second kappa shape index (κ2) is 3.45. The van der Waals surface area contributed by atoms with Crippen molar-refractivity contribution >= 4 is 12.2 Å². The van der Waals surface area contributed by atoms with Crippen LogP contribution >= 0.6 is 0 Å². The van der Waals surface area contributed by atoms with Crippen LogP contribution in [0.1, 0.15) is 6.42 Å². The van der Waals surface area contributed by atoms with Gasteiger partial charge in [0.05, 0.1) is 26.3 Å². The van der Waals surface area contributed by atoms with Crippen molar-refractivity contribution in [1.29, 1.82) is 0 Å². The molecule has 0 radical (unpaired) electrons. The normalized spacial score (nSPS) is 27.1. The summed E-state index contributed by atoms with van der Waals surface area (Å²) in [5, 5.41) is 2.58. The molecule has 0 N–H and O–H groups in total. The van der Waals surface area contributed by atoms with E-state index in [1.54, 1.807) is 0 Å². The van der Waals surface area contributed by atoms with Crippen LogP contribution in [0.4, 0.5) is 9.59 Å². The Morgan fingerprint density at radius 2 is 1.47 bits per heavy atom. The van der Waals surface area contributed by atoms with Gasteiger partial charge in [0.2, 0.25) is 0 Å². The average molecular weight is 212 g/mol. The lowest BCUT2D eigenvalue weighted by molar-refractivity contribution is -0.00351. The number of carbonyl (C=O) groups excluding carboxylic acids is 2. The van der Waals surface area contributed by atoms with Gasteiger partial charge in [-0.1, -0.05) is 12.2 Å². The summed E-state index contributed by atoms with van der Waals surface area (Å²) < 4.78 is 9.23. The Kier molecular flexibility index (Phi) is 2.26. The highest BCUT2D eigenvalue weighted by molar-refractivity contribution is 5.76. The molecule has 2 unspecified atom stereocenters. The third kappa shape index (κ3) is 1.33. The molecule has 6 nitrogen and oxygen atoms in total. The van der Waals surface area contributed by atoms with Gasteiger partial charge in [0.15, 0.2) is 0 Å². The van der Waals surface area contributed by atoms with Crippen molar-refractivity contribution in [3.63, 3.8) is 0 Å². The fourth-order valence-electron chi connectivity index (χ4n) is 1.98. The molecular formula is C9H12N2O4. The van der Waals surface area contributed by atoms with Crippen LogP contribution in [0.25, 0.3) is 0 Å². The molecule has 1 heterocycles. The van der Waals surface area contributed by atoms with Crippen molar-refractivity contribution in [3.8, 4) is 0 Å². The van der Waals surface area contributed by atoms with Crippen LogP contribution in [-0.2, 0) is 9.47 Å². The molecule has 2 rings (SSSR count). The van der Waals surface area contributed by atoms with Gasteiger partial charge in [-0.25, -0.2) is 19.6 Å². The van der Waals surface area contributed by atoms with Crippen LogP contribution in [0.15, 0.2) is 12.2 Å². The zero-order valence-electron chi connectivity index (χ0n) is 8.54. The smallest absolute Gasteiger partial charge is 0.429 e. The number of fused-ring (bicyclic) bond motifs is 2. The summed E-state index contributed by atoms with van der Waals surface area (Å²) in [5.41, 5.74) is 0. The number of nitrogens with zero attached hydrogens (tertiary/aromatic N) is 2. The number of methoxy groups -OCH3 is 2. The van der Waals surface area contributed by atoms with E-state index in [0.29, 0.717) is 6.42 Å². The number of hydrogen-bond donors (Lipinski definition) is 0. The Morgan fingerprint density at radius 3 is 1.80 bits per heavy atom. The predicted octanol–water partition coefficient (Wildman–Crippen LogP) is 0.749. The molecule has 0 aromatic carbocycles. The Balaban J connectivity index is 2.24. The molecule has 0 aromatic heterocycles. The summed E-state index contributed by atoms with van der Waals surface area (Å²) in [4.78, 5) is 22.9. The van der Waals surface area contributed by atoms with E-state index < -0.39 is 12.2 Å². The first-order valence-corrected chi connectivity index (χ1v) is 4.61. The lowest BCUT2D eigenvalue weighted by atomic mass is 10.2. The number of ether oxygens (including phenoxy) is 2. The molecule has 1 fully saturated rings. The summed E-state index contributed by atoms with van der Waals surface area (Å²) in [6, 6.07) is -0.192. The first-order valence-electron chi connectivity index (χ1n) is 4.61. The molecule has 2 amide bonds. The molecule has 1 aliphatic heterocycles. The van der Waals surface area contributed by atoms with Gasteiger partial charge in [0.25, 0.3) is 0 Å². The van der Waals surface area contributed by atoms with Crippen LogP contribution in [-0.4, -0.2) is 48.5 Å². The van der Waals surface area contributed by atoms with Gasteiger partial charge < -0.3 is 9.47 Å². The second-order valence-corrected chi connectivity index (χ2v) is 3.38. The lowest BCUT2D eigenvalue weighted by Crippen LogP contribution is -2.51. The highest BCUT2D eigenvalue weighted by atomic mass is 16.6. The molecule has 6 heteroatoms. The predicted molar refractivity (Wildman–Crippen MR) is 49.8 cm³/mol. The summed E-state index contributed by atoms with van der Waals surface area (Å²) in [7, 11) is 2.57. The van der Waals surface area contributed by atoms with Crippen molar-refractivity contribution in [2.24, 2.45) is 0 Å². The Labute approximate surface area is 87.0 Å².